The van der Waals surface area contributed by atoms with Gasteiger partial charge in [-0.2, -0.15) is 0 Å². The van der Waals surface area contributed by atoms with Crippen LogP contribution in [0.15, 0.2) is 24.3 Å². The summed E-state index contributed by atoms with van der Waals surface area (Å²) in [5.74, 6) is 0.149. The maximum absolute atomic E-state index is 11.6. The van der Waals surface area contributed by atoms with Crippen LogP contribution in [0.4, 0.5) is 0 Å². The lowest BCUT2D eigenvalue weighted by atomic mass is 9.53. The summed E-state index contributed by atoms with van der Waals surface area (Å²) in [7, 11) is 2.14. The molecule has 5 aliphatic rings. The number of hydrogen-bond donors (Lipinski definition) is 4. The molecule has 0 radical (unpaired) electrons. The Bertz CT molecular complexity index is 1060. The highest BCUT2D eigenvalue weighted by molar-refractivity contribution is 5.73. The van der Waals surface area contributed by atoms with Crippen LogP contribution in [-0.4, -0.2) is 100 Å². The van der Waals surface area contributed by atoms with Crippen molar-refractivity contribution in [3.63, 3.8) is 0 Å². The van der Waals surface area contributed by atoms with Crippen LogP contribution in [0, 0.1) is 5.92 Å². The molecule has 35 heavy (non-hydrogen) atoms. The Hall–Kier alpha value is -2.21. The summed E-state index contributed by atoms with van der Waals surface area (Å²) in [5.41, 5.74) is 2.02. The number of piperidine rings is 1. The third-order valence-corrected chi connectivity index (χ3v) is 8.52. The van der Waals surface area contributed by atoms with Gasteiger partial charge in [0.25, 0.3) is 0 Å². The van der Waals surface area contributed by atoms with Gasteiger partial charge in [0.1, 0.15) is 30.5 Å². The van der Waals surface area contributed by atoms with E-state index in [1.807, 2.05) is 19.1 Å². The Morgan fingerprint density at radius 1 is 1.20 bits per heavy atom. The van der Waals surface area contributed by atoms with Crippen LogP contribution in [-0.2, 0) is 26.1 Å². The minimum Gasteiger partial charge on any atom is -0.490 e. The van der Waals surface area contributed by atoms with Crippen LogP contribution in [0.25, 0.3) is 0 Å². The minimum atomic E-state index is -1.77. The highest BCUT2D eigenvalue weighted by Crippen LogP contribution is 2.62. The fraction of sp³-hybridized carbons (Fsp3) is 0.640. The number of carbonyl (C=O) groups is 1. The Balaban J connectivity index is 1.39. The predicted molar refractivity (Wildman–Crippen MR) is 120 cm³/mol. The van der Waals surface area contributed by atoms with Crippen molar-refractivity contribution in [1.29, 1.82) is 0 Å². The summed E-state index contributed by atoms with van der Waals surface area (Å²) in [5, 5.41) is 40.2. The number of rotatable bonds is 5. The van der Waals surface area contributed by atoms with E-state index in [1.54, 1.807) is 0 Å². The molecule has 2 aliphatic carbocycles. The number of aliphatic carboxylic acids is 1. The molecular formula is C25H31NO9. The van der Waals surface area contributed by atoms with E-state index in [0.717, 1.165) is 30.7 Å². The number of hydrogen-bond acceptors (Lipinski definition) is 9. The molecule has 10 atom stereocenters. The van der Waals surface area contributed by atoms with Gasteiger partial charge in [-0.3, -0.25) is 0 Å². The van der Waals surface area contributed by atoms with Crippen molar-refractivity contribution in [2.45, 2.75) is 74.1 Å². The summed E-state index contributed by atoms with van der Waals surface area (Å²) in [6.07, 6.45) is -3.67. The molecule has 0 aromatic heterocycles. The smallest absolute Gasteiger partial charge is 0.335 e. The van der Waals surface area contributed by atoms with E-state index in [1.165, 1.54) is 5.56 Å². The number of aliphatic hydroxyl groups is 3. The second-order valence-electron chi connectivity index (χ2n) is 10.2. The zero-order valence-electron chi connectivity index (χ0n) is 19.6. The largest absolute Gasteiger partial charge is 0.490 e. The van der Waals surface area contributed by atoms with Gasteiger partial charge in [-0.25, -0.2) is 4.79 Å². The quantitative estimate of drug-likeness (QED) is 0.412. The maximum atomic E-state index is 11.6. The van der Waals surface area contributed by atoms with Crippen molar-refractivity contribution in [2.75, 3.05) is 20.2 Å². The van der Waals surface area contributed by atoms with E-state index in [2.05, 4.69) is 24.1 Å². The van der Waals surface area contributed by atoms with E-state index in [-0.39, 0.29) is 11.3 Å². The average molecular weight is 490 g/mol. The second kappa shape index (κ2) is 8.16. The van der Waals surface area contributed by atoms with Gasteiger partial charge in [0.15, 0.2) is 23.9 Å². The molecule has 0 saturated carbocycles. The fourth-order valence-electron chi connectivity index (χ4n) is 6.91. The summed E-state index contributed by atoms with van der Waals surface area (Å²) in [6.45, 7) is 3.31. The van der Waals surface area contributed by atoms with Gasteiger partial charge < -0.3 is 44.3 Å². The number of carboxylic acids is 1. The third kappa shape index (κ3) is 3.14. The summed E-state index contributed by atoms with van der Waals surface area (Å²) in [4.78, 5) is 13.9. The lowest BCUT2D eigenvalue weighted by molar-refractivity contribution is -0.307. The van der Waals surface area contributed by atoms with Crippen molar-refractivity contribution in [3.05, 3.63) is 35.4 Å². The van der Waals surface area contributed by atoms with Gasteiger partial charge >= 0.3 is 5.97 Å². The second-order valence-corrected chi connectivity index (χ2v) is 10.2. The third-order valence-electron chi connectivity index (χ3n) is 8.52. The fourth-order valence-corrected chi connectivity index (χ4v) is 6.91. The van der Waals surface area contributed by atoms with Crippen molar-refractivity contribution < 1.29 is 44.2 Å². The van der Waals surface area contributed by atoms with Gasteiger partial charge in [-0.1, -0.05) is 18.2 Å². The van der Waals surface area contributed by atoms with Gasteiger partial charge in [0.2, 0.25) is 0 Å². The van der Waals surface area contributed by atoms with Crippen LogP contribution in [0.3, 0.4) is 0 Å². The molecule has 1 unspecified atom stereocenters. The molecule has 3 heterocycles. The van der Waals surface area contributed by atoms with E-state index in [9.17, 15) is 25.2 Å². The Morgan fingerprint density at radius 2 is 2.00 bits per heavy atom. The normalized spacial score (nSPS) is 43.4. The maximum Gasteiger partial charge on any atom is 0.335 e. The Labute approximate surface area is 202 Å². The van der Waals surface area contributed by atoms with Crippen LogP contribution in [0.5, 0.6) is 11.5 Å². The monoisotopic (exact) mass is 489 g/mol. The number of likely N-dealkylation sites (tertiary alicyclic amines) is 1. The number of carboxylic acid groups (broad SMARTS) is 1. The standard InChI is InChI=1S/C25H31NO9/c1-3-32-14-6-4-11-10-13-12-5-7-15(22-25(12,8-9-26(13)2)16(11)20(14)34-22)33-24-19(29)17(27)18(28)21(35-24)23(30)31/h4-7,12-13,15,17-19,21-22,24,27-29H,3,8-10H2,1-2H3,(H,30,31)/t12-,13+,15-,17?,18-,19+,21-,22-,24+,25-/m0/s1. The molecule has 10 nitrogen and oxygen atoms in total. The van der Waals surface area contributed by atoms with Crippen LogP contribution in [0.1, 0.15) is 24.5 Å². The molecule has 1 aromatic carbocycles. The zero-order valence-corrected chi connectivity index (χ0v) is 19.6. The minimum absolute atomic E-state index is 0.188. The molecule has 2 bridgehead atoms. The topological polar surface area (TPSA) is 138 Å². The molecule has 4 N–H and O–H groups in total. The number of aliphatic hydroxyl groups excluding tert-OH is 3. The molecule has 3 aliphatic heterocycles. The number of benzene rings is 1. The van der Waals surface area contributed by atoms with Crippen molar-refractivity contribution in [1.82, 2.24) is 4.90 Å². The van der Waals surface area contributed by atoms with Gasteiger partial charge in [-0.15, -0.1) is 0 Å². The number of nitrogens with zero attached hydrogens (tertiary/aromatic N) is 1. The molecule has 6 rings (SSSR count). The molecule has 0 amide bonds. The lowest BCUT2D eigenvalue weighted by Crippen LogP contribution is -2.66. The summed E-state index contributed by atoms with van der Waals surface area (Å²) in [6, 6.07) is 4.37. The molecule has 1 spiro atoms. The summed E-state index contributed by atoms with van der Waals surface area (Å²) < 4.78 is 24.1. The number of ether oxygens (including phenoxy) is 4. The van der Waals surface area contributed by atoms with Crippen molar-refractivity contribution in [3.8, 4) is 11.5 Å². The SMILES string of the molecule is CCOc1ccc2c3c1O[C@H]1[C@@H](O[C@@H]4O[C@H](C(=O)O)[C@@H](O)C(O)[C@H]4O)C=C[C@H]4[C@@H](C2)N(C)CC[C@@]341. The Morgan fingerprint density at radius 3 is 2.74 bits per heavy atom. The van der Waals surface area contributed by atoms with Crippen molar-refractivity contribution >= 4 is 5.97 Å². The predicted octanol–water partition coefficient (Wildman–Crippen LogP) is -0.192. The molecule has 2 saturated heterocycles. The van der Waals surface area contributed by atoms with Gasteiger partial charge in [-0.05, 0) is 45.0 Å². The average Bonchev–Trinajstić information content (AvgIpc) is 3.19. The van der Waals surface area contributed by atoms with E-state index in [0.29, 0.717) is 18.4 Å². The van der Waals surface area contributed by atoms with E-state index in [4.69, 9.17) is 18.9 Å². The van der Waals surface area contributed by atoms with Crippen LogP contribution in [0.2, 0.25) is 0 Å². The van der Waals surface area contributed by atoms with Crippen LogP contribution >= 0.6 is 0 Å². The first-order chi connectivity index (χ1) is 16.8. The zero-order chi connectivity index (χ0) is 24.6. The highest BCUT2D eigenvalue weighted by Gasteiger charge is 2.65. The van der Waals surface area contributed by atoms with Gasteiger partial charge in [0, 0.05) is 22.9 Å². The highest BCUT2D eigenvalue weighted by atomic mass is 16.7. The molecule has 1 aromatic rings. The molecule has 2 fully saturated rings. The van der Waals surface area contributed by atoms with Gasteiger partial charge in [0.05, 0.1) is 6.61 Å². The number of likely N-dealkylation sites (N-methyl/N-ethyl adjacent to an activating group) is 1. The first kappa shape index (κ1) is 23.2. The van der Waals surface area contributed by atoms with E-state index < -0.39 is 48.9 Å². The molecule has 190 valence electrons. The van der Waals surface area contributed by atoms with Crippen molar-refractivity contribution in [2.24, 2.45) is 5.92 Å². The summed E-state index contributed by atoms with van der Waals surface area (Å²) >= 11 is 0. The molecular weight excluding hydrogens is 458 g/mol. The lowest BCUT2D eigenvalue weighted by Gasteiger charge is -2.57. The van der Waals surface area contributed by atoms with E-state index >= 15 is 0 Å². The first-order valence-corrected chi connectivity index (χ1v) is 12.2. The first-order valence-electron chi connectivity index (χ1n) is 12.2. The Kier molecular flexibility index (Phi) is 5.41. The molecule has 10 heteroatoms. The van der Waals surface area contributed by atoms with Crippen LogP contribution < -0.4 is 9.47 Å².